The number of hydrogen-bond acceptors (Lipinski definition) is 8. The molecule has 10 heteroatoms. The van der Waals surface area contributed by atoms with Crippen molar-refractivity contribution in [3.8, 4) is 0 Å². The fourth-order valence-electron chi connectivity index (χ4n) is 5.48. The van der Waals surface area contributed by atoms with E-state index in [0.29, 0.717) is 17.4 Å². The summed E-state index contributed by atoms with van der Waals surface area (Å²) in [5, 5.41) is 0. The quantitative estimate of drug-likeness (QED) is 0.0274. The largest absolute Gasteiger partial charge is 0.756 e. The number of phosphoric acid groups is 1. The van der Waals surface area contributed by atoms with Gasteiger partial charge in [-0.15, -0.1) is 0 Å². The Hall–Kier alpha value is -0.990. The molecule has 0 aromatic rings. The molecule has 0 N–H and O–H groups in total. The van der Waals surface area contributed by atoms with Gasteiger partial charge in [0.05, 0.1) is 27.7 Å². The van der Waals surface area contributed by atoms with E-state index in [1.165, 1.54) is 109 Å². The molecule has 0 aliphatic heterocycles. The van der Waals surface area contributed by atoms with Crippen molar-refractivity contribution in [2.24, 2.45) is 0 Å². The third kappa shape index (κ3) is 34.9. The zero-order valence-electron chi connectivity index (χ0n) is 32.0. The summed E-state index contributed by atoms with van der Waals surface area (Å²) in [7, 11) is 1.18. The van der Waals surface area contributed by atoms with Crippen molar-refractivity contribution >= 4 is 19.8 Å². The third-order valence-corrected chi connectivity index (χ3v) is 9.59. The van der Waals surface area contributed by atoms with Gasteiger partial charge in [0.2, 0.25) is 0 Å². The number of carbonyl (C=O) groups excluding carboxylic acids is 2. The number of esters is 2. The number of carbonyl (C=O) groups is 2. The molecule has 0 bridgehead atoms. The number of rotatable bonds is 36. The van der Waals surface area contributed by atoms with Crippen LogP contribution in [0.5, 0.6) is 0 Å². The molecule has 0 heterocycles. The second kappa shape index (κ2) is 32.0. The van der Waals surface area contributed by atoms with Crippen molar-refractivity contribution in [2.75, 3.05) is 47.5 Å². The zero-order valence-corrected chi connectivity index (χ0v) is 32.8. The number of hydrogen-bond donors (Lipinski definition) is 0. The summed E-state index contributed by atoms with van der Waals surface area (Å²) in [6, 6.07) is 0. The summed E-state index contributed by atoms with van der Waals surface area (Å²) >= 11 is 0. The first-order chi connectivity index (χ1) is 23.0. The van der Waals surface area contributed by atoms with Gasteiger partial charge in [-0.2, -0.15) is 0 Å². The normalized spacial score (nSPS) is 13.7. The van der Waals surface area contributed by atoms with Gasteiger partial charge in [0.25, 0.3) is 7.82 Å². The monoisotopic (exact) mass is 706 g/mol. The molecule has 0 spiro atoms. The Morgan fingerprint density at radius 2 is 0.938 bits per heavy atom. The van der Waals surface area contributed by atoms with Gasteiger partial charge in [0.1, 0.15) is 19.8 Å². The van der Waals surface area contributed by atoms with Gasteiger partial charge in [0.15, 0.2) is 6.10 Å². The van der Waals surface area contributed by atoms with Crippen LogP contribution in [0.4, 0.5) is 0 Å². The fraction of sp³-hybridized carbons (Fsp3) is 0.947. The second-order valence-electron chi connectivity index (χ2n) is 14.7. The molecule has 0 aromatic heterocycles. The maximum Gasteiger partial charge on any atom is 0.306 e. The van der Waals surface area contributed by atoms with Gasteiger partial charge >= 0.3 is 11.9 Å². The number of nitrogens with zero attached hydrogens (tertiary/aromatic N) is 1. The van der Waals surface area contributed by atoms with Crippen molar-refractivity contribution in [3.05, 3.63) is 0 Å². The molecule has 0 rings (SSSR count). The topological polar surface area (TPSA) is 111 Å². The van der Waals surface area contributed by atoms with Gasteiger partial charge in [-0.1, -0.05) is 155 Å². The summed E-state index contributed by atoms with van der Waals surface area (Å²) in [4.78, 5) is 37.1. The molecular weight excluding hydrogens is 629 g/mol. The van der Waals surface area contributed by atoms with Gasteiger partial charge in [0, 0.05) is 12.8 Å². The predicted molar refractivity (Wildman–Crippen MR) is 195 cm³/mol. The highest BCUT2D eigenvalue weighted by Gasteiger charge is 2.21. The van der Waals surface area contributed by atoms with Crippen LogP contribution >= 0.6 is 7.82 Å². The molecule has 0 aliphatic rings. The molecule has 48 heavy (non-hydrogen) atoms. The fourth-order valence-corrected chi connectivity index (χ4v) is 6.21. The minimum absolute atomic E-state index is 0.0265. The highest BCUT2D eigenvalue weighted by atomic mass is 31.2. The predicted octanol–water partition coefficient (Wildman–Crippen LogP) is 9.83. The standard InChI is InChI=1S/C38H76NO8P/c1-6-8-10-12-14-15-16-17-18-19-20-21-22-23-24-25-27-29-31-38(41)47-36(34-44-37(40)30-28-26-13-11-9-7-2)35-46-48(42,43)45-33-32-39(3,4)5/h36H,6-35H2,1-5H3/t36-/m1/s1. The van der Waals surface area contributed by atoms with Gasteiger partial charge < -0.3 is 27.9 Å². The van der Waals surface area contributed by atoms with Gasteiger partial charge in [-0.05, 0) is 12.8 Å². The number of ether oxygens (including phenoxy) is 2. The van der Waals surface area contributed by atoms with E-state index in [2.05, 4.69) is 13.8 Å². The molecule has 0 fully saturated rings. The van der Waals surface area contributed by atoms with Crippen LogP contribution < -0.4 is 4.89 Å². The van der Waals surface area contributed by atoms with Crippen molar-refractivity contribution in [3.63, 3.8) is 0 Å². The minimum Gasteiger partial charge on any atom is -0.756 e. The summed E-state index contributed by atoms with van der Waals surface area (Å²) in [6.07, 6.45) is 28.7. The molecule has 9 nitrogen and oxygen atoms in total. The first kappa shape index (κ1) is 47.0. The van der Waals surface area contributed by atoms with Crippen LogP contribution in [-0.4, -0.2) is 70.0 Å². The molecule has 1 unspecified atom stereocenters. The number of phosphoric ester groups is 1. The average Bonchev–Trinajstić information content (AvgIpc) is 3.02. The molecule has 0 amide bonds. The summed E-state index contributed by atoms with van der Waals surface area (Å²) in [6.45, 7) is 4.17. The lowest BCUT2D eigenvalue weighted by Gasteiger charge is -2.28. The molecule has 0 aliphatic carbocycles. The highest BCUT2D eigenvalue weighted by molar-refractivity contribution is 7.45. The van der Waals surface area contributed by atoms with Crippen LogP contribution in [0.3, 0.4) is 0 Å². The summed E-state index contributed by atoms with van der Waals surface area (Å²) < 4.78 is 33.6. The first-order valence-corrected chi connectivity index (χ1v) is 21.2. The molecule has 0 aromatic carbocycles. The van der Waals surface area contributed by atoms with E-state index in [4.69, 9.17) is 18.5 Å². The molecule has 0 radical (unpaired) electrons. The lowest BCUT2D eigenvalue weighted by Crippen LogP contribution is -2.37. The molecule has 2 atom stereocenters. The van der Waals surface area contributed by atoms with E-state index in [1.807, 2.05) is 21.1 Å². The van der Waals surface area contributed by atoms with E-state index in [0.717, 1.165) is 38.5 Å². The van der Waals surface area contributed by atoms with Crippen molar-refractivity contribution < 1.29 is 42.1 Å². The maximum absolute atomic E-state index is 12.6. The summed E-state index contributed by atoms with van der Waals surface area (Å²) in [5.41, 5.74) is 0. The molecule has 286 valence electrons. The Morgan fingerprint density at radius 3 is 1.33 bits per heavy atom. The number of likely N-dealkylation sites (N-methyl/N-ethyl adjacent to an activating group) is 1. The van der Waals surface area contributed by atoms with Crippen LogP contribution in [0.2, 0.25) is 0 Å². The first-order valence-electron chi connectivity index (χ1n) is 19.7. The Kier molecular flexibility index (Phi) is 31.3. The smallest absolute Gasteiger partial charge is 0.306 e. The Bertz CT molecular complexity index is 804. The summed E-state index contributed by atoms with van der Waals surface area (Å²) in [5.74, 6) is -0.835. The zero-order chi connectivity index (χ0) is 35.8. The Labute approximate surface area is 295 Å². The van der Waals surface area contributed by atoms with Crippen LogP contribution in [0.25, 0.3) is 0 Å². The van der Waals surface area contributed by atoms with Crippen molar-refractivity contribution in [1.29, 1.82) is 0 Å². The SMILES string of the molecule is CCCCCCCCCCCCCCCCCCCCC(=O)O[C@H](COC(=O)CCCCCCCC)COP(=O)([O-])OCC[N+](C)(C)C. The molecular formula is C38H76NO8P. The number of unbranched alkanes of at least 4 members (excludes halogenated alkanes) is 22. The second-order valence-corrected chi connectivity index (χ2v) is 16.1. The Balaban J connectivity index is 4.23. The van der Waals surface area contributed by atoms with Gasteiger partial charge in [-0.25, -0.2) is 0 Å². The van der Waals surface area contributed by atoms with Gasteiger partial charge in [-0.3, -0.25) is 14.2 Å². The molecule has 0 saturated heterocycles. The van der Waals surface area contributed by atoms with Crippen LogP contribution in [0, 0.1) is 0 Å². The van der Waals surface area contributed by atoms with Crippen LogP contribution in [-0.2, 0) is 32.7 Å². The van der Waals surface area contributed by atoms with Crippen LogP contribution in [0.15, 0.2) is 0 Å². The van der Waals surface area contributed by atoms with Crippen LogP contribution in [0.1, 0.15) is 181 Å². The van der Waals surface area contributed by atoms with E-state index in [1.54, 1.807) is 0 Å². The lowest BCUT2D eigenvalue weighted by atomic mass is 10.0. The van der Waals surface area contributed by atoms with E-state index in [9.17, 15) is 19.0 Å². The lowest BCUT2D eigenvalue weighted by molar-refractivity contribution is -0.870. The molecule has 0 saturated carbocycles. The number of quaternary nitrogens is 1. The third-order valence-electron chi connectivity index (χ3n) is 8.63. The van der Waals surface area contributed by atoms with E-state index < -0.39 is 26.5 Å². The maximum atomic E-state index is 12.6. The average molecular weight is 706 g/mol. The van der Waals surface area contributed by atoms with Crippen molar-refractivity contribution in [1.82, 2.24) is 0 Å². The Morgan fingerprint density at radius 1 is 0.562 bits per heavy atom. The van der Waals surface area contributed by atoms with E-state index in [-0.39, 0.29) is 32.0 Å². The minimum atomic E-state index is -4.60. The van der Waals surface area contributed by atoms with E-state index >= 15 is 0 Å². The highest BCUT2D eigenvalue weighted by Crippen LogP contribution is 2.38. The van der Waals surface area contributed by atoms with Crippen molar-refractivity contribution in [2.45, 2.75) is 187 Å².